The number of nitrogens with one attached hydrogen (secondary N) is 1. The van der Waals surface area contributed by atoms with Crippen LogP contribution in [0, 0.1) is 0 Å². The largest absolute Gasteiger partial charge is 0.511 e. The highest BCUT2D eigenvalue weighted by atomic mass is 16.8. The number of pyridine rings is 1. The van der Waals surface area contributed by atoms with Crippen LogP contribution in [0.4, 0.5) is 16.2 Å². The predicted octanol–water partition coefficient (Wildman–Crippen LogP) is 6.21. The number of aromatic nitrogens is 3. The van der Waals surface area contributed by atoms with Crippen LogP contribution in [0.15, 0.2) is 71.8 Å². The number of carbonyl (C=O) groups is 2. The molecule has 0 aliphatic heterocycles. The van der Waals surface area contributed by atoms with Crippen LogP contribution in [-0.4, -0.2) is 39.3 Å². The Hall–Kier alpha value is -4.73. The van der Waals surface area contributed by atoms with Crippen molar-refractivity contribution < 1.29 is 23.8 Å². The number of hydrogen-bond acceptors (Lipinski definition) is 9. The lowest BCUT2D eigenvalue weighted by atomic mass is 9.98. The summed E-state index contributed by atoms with van der Waals surface area (Å²) in [5, 5.41) is 9.32. The molecular formula is C31H32N4O6. The zero-order valence-electron chi connectivity index (χ0n) is 23.0. The second-order valence-electron chi connectivity index (χ2n) is 9.84. The molecule has 212 valence electrons. The maximum Gasteiger partial charge on any atom is 0.511 e. The quantitative estimate of drug-likeness (QED) is 0.199. The van der Waals surface area contributed by atoms with Crippen molar-refractivity contribution in [2.45, 2.75) is 64.9 Å². The van der Waals surface area contributed by atoms with Crippen molar-refractivity contribution >= 4 is 34.3 Å². The smallest absolute Gasteiger partial charge is 0.431 e. The Morgan fingerprint density at radius 1 is 1.00 bits per heavy atom. The minimum absolute atomic E-state index is 0.0270. The van der Waals surface area contributed by atoms with Crippen LogP contribution in [-0.2, 0) is 20.8 Å². The Bertz CT molecular complexity index is 1590. The van der Waals surface area contributed by atoms with Crippen LogP contribution in [0.1, 0.15) is 56.3 Å². The lowest BCUT2D eigenvalue weighted by molar-refractivity contribution is -0.0914. The normalized spacial score (nSPS) is 14.3. The molecule has 2 aromatic heterocycles. The summed E-state index contributed by atoms with van der Waals surface area (Å²) in [7, 11) is 0. The fourth-order valence-electron chi connectivity index (χ4n) is 4.96. The highest BCUT2D eigenvalue weighted by molar-refractivity contribution is 6.04. The third-order valence-electron chi connectivity index (χ3n) is 6.98. The first-order valence-corrected chi connectivity index (χ1v) is 13.8. The average Bonchev–Trinajstić information content (AvgIpc) is 2.99. The van der Waals surface area contributed by atoms with Crippen LogP contribution in [0.3, 0.4) is 0 Å². The number of rotatable bonds is 8. The van der Waals surface area contributed by atoms with Gasteiger partial charge in [0, 0.05) is 36.0 Å². The van der Waals surface area contributed by atoms with Gasteiger partial charge in [0.25, 0.3) is 5.56 Å². The molecule has 10 nitrogen and oxygen atoms in total. The number of benzene rings is 2. The van der Waals surface area contributed by atoms with Gasteiger partial charge < -0.3 is 19.5 Å². The van der Waals surface area contributed by atoms with E-state index in [4.69, 9.17) is 14.2 Å². The number of carbonyl (C=O) groups excluding carboxylic acids is 2. The number of esters is 1. The van der Waals surface area contributed by atoms with Crippen molar-refractivity contribution in [3.8, 4) is 11.3 Å². The molecule has 0 radical (unpaired) electrons. The molecule has 4 aromatic rings. The summed E-state index contributed by atoms with van der Waals surface area (Å²) >= 11 is 0. The van der Waals surface area contributed by atoms with E-state index in [9.17, 15) is 14.4 Å². The number of nitrogens with zero attached hydrogens (tertiary/aromatic N) is 3. The van der Waals surface area contributed by atoms with Gasteiger partial charge in [-0.3, -0.25) is 9.78 Å². The molecule has 10 heteroatoms. The number of ether oxygens (including phenoxy) is 3. The second-order valence-corrected chi connectivity index (χ2v) is 9.84. The number of aryl methyl sites for hydroxylation is 1. The highest BCUT2D eigenvalue weighted by Gasteiger charge is 2.29. The molecule has 0 amide bonds. The fourth-order valence-corrected chi connectivity index (χ4v) is 4.96. The first-order valence-electron chi connectivity index (χ1n) is 13.8. The van der Waals surface area contributed by atoms with E-state index < -0.39 is 24.0 Å². The first kappa shape index (κ1) is 27.8. The molecule has 0 bridgehead atoms. The lowest BCUT2D eigenvalue weighted by Crippen LogP contribution is -2.31. The van der Waals surface area contributed by atoms with Crippen LogP contribution in [0.5, 0.6) is 0 Å². The van der Waals surface area contributed by atoms with Crippen molar-refractivity contribution in [3.63, 3.8) is 0 Å². The first-order chi connectivity index (χ1) is 19.9. The van der Waals surface area contributed by atoms with Crippen molar-refractivity contribution in [1.29, 1.82) is 0 Å². The monoisotopic (exact) mass is 556 g/mol. The van der Waals surface area contributed by atoms with Crippen LogP contribution < -0.4 is 10.9 Å². The fraction of sp³-hybridized carbons (Fsp3) is 0.323. The molecule has 5 rings (SSSR count). The molecule has 1 saturated carbocycles. The predicted molar refractivity (Wildman–Crippen MR) is 154 cm³/mol. The molecular weight excluding hydrogens is 524 g/mol. The van der Waals surface area contributed by atoms with Gasteiger partial charge in [-0.2, -0.15) is 5.10 Å². The molecule has 41 heavy (non-hydrogen) atoms. The second kappa shape index (κ2) is 12.6. The van der Waals surface area contributed by atoms with Crippen LogP contribution in [0.2, 0.25) is 0 Å². The SMILES string of the molecule is CCn1nc(-c2ccccc2)c(C(=O)OC(C)OC(=O)OC2CCCCC2)c(Nc2cncc3ccccc23)c1=O. The molecule has 2 aromatic carbocycles. The van der Waals surface area contributed by atoms with E-state index in [0.29, 0.717) is 11.3 Å². The van der Waals surface area contributed by atoms with Gasteiger partial charge >= 0.3 is 12.1 Å². The summed E-state index contributed by atoms with van der Waals surface area (Å²) in [5.41, 5.74) is 0.742. The van der Waals surface area contributed by atoms with Gasteiger partial charge in [-0.15, -0.1) is 0 Å². The third-order valence-corrected chi connectivity index (χ3v) is 6.98. The lowest BCUT2D eigenvalue weighted by Gasteiger charge is -2.23. The third kappa shape index (κ3) is 6.37. The average molecular weight is 557 g/mol. The molecule has 2 heterocycles. The maximum atomic E-state index is 13.7. The summed E-state index contributed by atoms with van der Waals surface area (Å²) in [5.74, 6) is -0.884. The topological polar surface area (TPSA) is 122 Å². The Morgan fingerprint density at radius 2 is 1.73 bits per heavy atom. The zero-order valence-corrected chi connectivity index (χ0v) is 23.0. The molecule has 1 fully saturated rings. The van der Waals surface area contributed by atoms with Gasteiger partial charge in [-0.05, 0) is 32.6 Å². The molecule has 1 unspecified atom stereocenters. The Labute approximate surface area is 237 Å². The maximum absolute atomic E-state index is 13.7. The van der Waals surface area contributed by atoms with Gasteiger partial charge in [-0.1, -0.05) is 61.0 Å². The van der Waals surface area contributed by atoms with Crippen molar-refractivity contribution in [2.75, 3.05) is 5.32 Å². The Balaban J connectivity index is 1.51. The van der Waals surface area contributed by atoms with Crippen molar-refractivity contribution in [3.05, 3.63) is 82.9 Å². The molecule has 1 aliphatic rings. The van der Waals surface area contributed by atoms with Crippen molar-refractivity contribution in [2.24, 2.45) is 0 Å². The standard InChI is InChI=1S/C31H32N4O6/c1-3-35-29(36)28(33-25-19-32-18-22-14-10-11-17-24(22)25)26(27(34-35)21-12-6-4-7-13-21)30(37)39-20(2)40-31(38)41-23-15-8-5-9-16-23/h4,6-7,10-14,17-20,23,33H,3,5,8-9,15-16H2,1-2H3. The molecule has 1 N–H and O–H groups in total. The zero-order chi connectivity index (χ0) is 28.8. The Kier molecular flexibility index (Phi) is 8.57. The van der Waals surface area contributed by atoms with Crippen molar-refractivity contribution in [1.82, 2.24) is 14.8 Å². The highest BCUT2D eigenvalue weighted by Crippen LogP contribution is 2.31. The van der Waals surface area contributed by atoms with E-state index in [0.717, 1.165) is 42.9 Å². The summed E-state index contributed by atoms with van der Waals surface area (Å²) in [6.07, 6.45) is 5.57. The number of hydrogen-bond donors (Lipinski definition) is 1. The van der Waals surface area contributed by atoms with Gasteiger partial charge in [0.1, 0.15) is 23.0 Å². The van der Waals surface area contributed by atoms with Gasteiger partial charge in [-0.25, -0.2) is 14.3 Å². The van der Waals surface area contributed by atoms with Gasteiger partial charge in [0.15, 0.2) is 0 Å². The van der Waals surface area contributed by atoms with E-state index in [1.165, 1.54) is 11.6 Å². The summed E-state index contributed by atoms with van der Waals surface area (Å²) in [6.45, 7) is 3.48. The Morgan fingerprint density at radius 3 is 2.49 bits per heavy atom. The summed E-state index contributed by atoms with van der Waals surface area (Å²) in [6, 6.07) is 16.6. The molecule has 1 atom stereocenters. The van der Waals surface area contributed by atoms with Gasteiger partial charge in [0.05, 0.1) is 11.9 Å². The number of anilines is 2. The van der Waals surface area contributed by atoms with E-state index in [1.54, 1.807) is 31.5 Å². The minimum Gasteiger partial charge on any atom is -0.431 e. The van der Waals surface area contributed by atoms with E-state index in [2.05, 4.69) is 15.4 Å². The van der Waals surface area contributed by atoms with E-state index in [1.807, 2.05) is 42.5 Å². The minimum atomic E-state index is -1.28. The summed E-state index contributed by atoms with van der Waals surface area (Å²) < 4.78 is 17.5. The molecule has 0 saturated heterocycles. The number of fused-ring (bicyclic) bond motifs is 1. The van der Waals surface area contributed by atoms with E-state index >= 15 is 0 Å². The molecule has 1 aliphatic carbocycles. The molecule has 0 spiro atoms. The van der Waals surface area contributed by atoms with E-state index in [-0.39, 0.29) is 29.6 Å². The van der Waals surface area contributed by atoms with Gasteiger partial charge in [0.2, 0.25) is 6.29 Å². The summed E-state index contributed by atoms with van der Waals surface area (Å²) in [4.78, 5) is 44.1. The van der Waals surface area contributed by atoms with Crippen LogP contribution >= 0.6 is 0 Å². The van der Waals surface area contributed by atoms with Crippen LogP contribution in [0.25, 0.3) is 22.0 Å².